The molecule has 1 atom stereocenters. The smallest absolute Gasteiger partial charge is 0.158 e. The van der Waals surface area contributed by atoms with Crippen LogP contribution in [0.3, 0.4) is 0 Å². The van der Waals surface area contributed by atoms with Crippen LogP contribution in [0.4, 0.5) is 0 Å². The fourth-order valence-corrected chi connectivity index (χ4v) is 0.517. The Bertz CT molecular complexity index is 105. The summed E-state index contributed by atoms with van der Waals surface area (Å²) in [7, 11) is 0. The number of hydrogen-bond acceptors (Lipinski definition) is 4. The highest BCUT2D eigenvalue weighted by Crippen LogP contribution is 1.93. The lowest BCUT2D eigenvalue weighted by molar-refractivity contribution is -0.121. The lowest BCUT2D eigenvalue weighted by Crippen LogP contribution is -2.25. The summed E-state index contributed by atoms with van der Waals surface area (Å²) in [5.74, 6) is -0.232. The third-order valence-electron chi connectivity index (χ3n) is 1.20. The molecule has 4 nitrogen and oxygen atoms in total. The third kappa shape index (κ3) is 4.43. The van der Waals surface area contributed by atoms with Crippen LogP contribution in [0.5, 0.6) is 0 Å². The summed E-state index contributed by atoms with van der Waals surface area (Å²) >= 11 is 0. The van der Waals surface area contributed by atoms with Gasteiger partial charge in [-0.15, -0.1) is 0 Å². The van der Waals surface area contributed by atoms with Crippen LogP contribution in [0, 0.1) is 0 Å². The van der Waals surface area contributed by atoms with Crippen LogP contribution in [-0.4, -0.2) is 35.3 Å². The first-order valence-corrected chi connectivity index (χ1v) is 3.19. The predicted octanol–water partition coefficient (Wildman–Crippen LogP) is -1.35. The zero-order chi connectivity index (χ0) is 7.98. The van der Waals surface area contributed by atoms with E-state index in [2.05, 4.69) is 0 Å². The van der Waals surface area contributed by atoms with Crippen LogP contribution in [-0.2, 0) is 4.79 Å². The number of rotatable bonds is 5. The van der Waals surface area contributed by atoms with Crippen molar-refractivity contribution in [3.8, 4) is 0 Å². The van der Waals surface area contributed by atoms with Gasteiger partial charge in [-0.3, -0.25) is 4.79 Å². The Morgan fingerprint density at radius 2 is 2.10 bits per heavy atom. The van der Waals surface area contributed by atoms with Gasteiger partial charge in [-0.2, -0.15) is 0 Å². The third-order valence-corrected chi connectivity index (χ3v) is 1.20. The van der Waals surface area contributed by atoms with Crippen molar-refractivity contribution in [2.24, 2.45) is 5.73 Å². The SMILES string of the molecule is N[C@H](CO)CCC(=O)CO. The van der Waals surface area contributed by atoms with E-state index in [0.717, 1.165) is 0 Å². The molecular formula is C6H13NO3. The van der Waals surface area contributed by atoms with Gasteiger partial charge in [0.2, 0.25) is 0 Å². The van der Waals surface area contributed by atoms with E-state index in [1.807, 2.05) is 0 Å². The molecule has 10 heavy (non-hydrogen) atoms. The van der Waals surface area contributed by atoms with E-state index < -0.39 is 6.61 Å². The number of aliphatic hydroxyl groups excluding tert-OH is 2. The molecule has 0 rings (SSSR count). The van der Waals surface area contributed by atoms with Gasteiger partial charge in [0.25, 0.3) is 0 Å². The summed E-state index contributed by atoms with van der Waals surface area (Å²) in [6, 6.07) is -0.338. The van der Waals surface area contributed by atoms with E-state index in [-0.39, 0.29) is 24.9 Å². The van der Waals surface area contributed by atoms with Gasteiger partial charge < -0.3 is 15.9 Å². The number of aliphatic hydroxyl groups is 2. The van der Waals surface area contributed by atoms with Gasteiger partial charge in [-0.25, -0.2) is 0 Å². The Balaban J connectivity index is 3.26. The van der Waals surface area contributed by atoms with Crippen molar-refractivity contribution in [3.63, 3.8) is 0 Å². The molecule has 0 unspecified atom stereocenters. The number of hydrogen-bond donors (Lipinski definition) is 3. The summed E-state index contributed by atoms with van der Waals surface area (Å²) in [5.41, 5.74) is 5.29. The monoisotopic (exact) mass is 147 g/mol. The minimum Gasteiger partial charge on any atom is -0.395 e. The van der Waals surface area contributed by atoms with E-state index in [4.69, 9.17) is 15.9 Å². The molecule has 0 spiro atoms. The first-order valence-electron chi connectivity index (χ1n) is 3.19. The normalized spacial score (nSPS) is 13.1. The van der Waals surface area contributed by atoms with E-state index in [0.29, 0.717) is 6.42 Å². The van der Waals surface area contributed by atoms with Gasteiger partial charge in [0.1, 0.15) is 6.61 Å². The summed E-state index contributed by atoms with van der Waals surface area (Å²) in [4.78, 5) is 10.4. The highest BCUT2D eigenvalue weighted by Gasteiger charge is 2.03. The van der Waals surface area contributed by atoms with Crippen molar-refractivity contribution in [1.82, 2.24) is 0 Å². The topological polar surface area (TPSA) is 83.5 Å². The zero-order valence-corrected chi connectivity index (χ0v) is 5.79. The van der Waals surface area contributed by atoms with Crippen molar-refractivity contribution in [1.29, 1.82) is 0 Å². The number of Topliss-reactive ketones (excluding diaryl/α,β-unsaturated/α-hetero) is 1. The summed E-state index contributed by atoms with van der Waals surface area (Å²) in [5, 5.41) is 16.7. The van der Waals surface area contributed by atoms with E-state index in [1.54, 1.807) is 0 Å². The number of carbonyl (C=O) groups is 1. The van der Waals surface area contributed by atoms with Crippen molar-refractivity contribution >= 4 is 5.78 Å². The van der Waals surface area contributed by atoms with Crippen LogP contribution in [0.15, 0.2) is 0 Å². The molecule has 60 valence electrons. The number of carbonyl (C=O) groups excluding carboxylic acids is 1. The highest BCUT2D eigenvalue weighted by atomic mass is 16.3. The van der Waals surface area contributed by atoms with Gasteiger partial charge in [-0.05, 0) is 6.42 Å². The minimum atomic E-state index is -0.432. The second kappa shape index (κ2) is 5.34. The van der Waals surface area contributed by atoms with Crippen molar-refractivity contribution in [2.45, 2.75) is 18.9 Å². The first-order chi connectivity index (χ1) is 4.70. The van der Waals surface area contributed by atoms with Crippen LogP contribution < -0.4 is 5.73 Å². The average Bonchev–Trinajstić information content (AvgIpc) is 1.99. The Morgan fingerprint density at radius 3 is 2.50 bits per heavy atom. The molecule has 0 aromatic carbocycles. The van der Waals surface area contributed by atoms with E-state index in [9.17, 15) is 4.79 Å². The quantitative estimate of drug-likeness (QED) is 0.449. The Morgan fingerprint density at radius 1 is 1.50 bits per heavy atom. The Labute approximate surface area is 59.7 Å². The van der Waals surface area contributed by atoms with E-state index in [1.165, 1.54) is 0 Å². The summed E-state index contributed by atoms with van der Waals surface area (Å²) < 4.78 is 0. The molecule has 0 aromatic rings. The zero-order valence-electron chi connectivity index (χ0n) is 5.79. The molecule has 0 heterocycles. The average molecular weight is 147 g/mol. The standard InChI is InChI=1S/C6H13NO3/c7-5(3-8)1-2-6(10)4-9/h5,8-9H,1-4,7H2/t5-/m0/s1. The van der Waals surface area contributed by atoms with E-state index >= 15 is 0 Å². The molecule has 0 aliphatic rings. The number of ketones is 1. The van der Waals surface area contributed by atoms with Gasteiger partial charge in [0.15, 0.2) is 5.78 Å². The Kier molecular flexibility index (Phi) is 5.10. The van der Waals surface area contributed by atoms with Gasteiger partial charge in [-0.1, -0.05) is 0 Å². The van der Waals surface area contributed by atoms with Crippen molar-refractivity contribution in [3.05, 3.63) is 0 Å². The van der Waals surface area contributed by atoms with Crippen molar-refractivity contribution < 1.29 is 15.0 Å². The Hall–Kier alpha value is -0.450. The molecule has 0 fully saturated rings. The van der Waals surface area contributed by atoms with Gasteiger partial charge >= 0.3 is 0 Å². The maximum atomic E-state index is 10.4. The lowest BCUT2D eigenvalue weighted by atomic mass is 10.1. The molecule has 0 saturated carbocycles. The maximum Gasteiger partial charge on any atom is 0.158 e. The predicted molar refractivity (Wildman–Crippen MR) is 36.4 cm³/mol. The molecule has 0 aromatic heterocycles. The van der Waals surface area contributed by atoms with Crippen LogP contribution in [0.25, 0.3) is 0 Å². The second-order valence-electron chi connectivity index (χ2n) is 2.18. The molecular weight excluding hydrogens is 134 g/mol. The number of nitrogens with two attached hydrogens (primary N) is 1. The first kappa shape index (κ1) is 9.55. The lowest BCUT2D eigenvalue weighted by Gasteiger charge is -2.04. The van der Waals surface area contributed by atoms with Crippen LogP contribution in [0.2, 0.25) is 0 Å². The highest BCUT2D eigenvalue weighted by molar-refractivity contribution is 5.79. The van der Waals surface area contributed by atoms with Gasteiger partial charge in [0, 0.05) is 12.5 Å². The van der Waals surface area contributed by atoms with Crippen LogP contribution in [0.1, 0.15) is 12.8 Å². The molecule has 0 aliphatic heterocycles. The van der Waals surface area contributed by atoms with Crippen LogP contribution >= 0.6 is 0 Å². The fraction of sp³-hybridized carbons (Fsp3) is 0.833. The van der Waals surface area contributed by atoms with Gasteiger partial charge in [0.05, 0.1) is 6.61 Å². The molecule has 4 heteroatoms. The maximum absolute atomic E-state index is 10.4. The minimum absolute atomic E-state index is 0.112. The fourth-order valence-electron chi connectivity index (χ4n) is 0.517. The molecule has 0 aliphatic carbocycles. The molecule has 0 bridgehead atoms. The second-order valence-corrected chi connectivity index (χ2v) is 2.18. The summed E-state index contributed by atoms with van der Waals surface area (Å²) in [6.07, 6.45) is 0.689. The molecule has 4 N–H and O–H groups in total. The molecule has 0 saturated heterocycles. The molecule has 0 radical (unpaired) electrons. The summed E-state index contributed by atoms with van der Waals surface area (Å²) in [6.45, 7) is -0.545. The molecule has 0 amide bonds. The largest absolute Gasteiger partial charge is 0.395 e. The van der Waals surface area contributed by atoms with Crippen molar-refractivity contribution in [2.75, 3.05) is 13.2 Å².